The summed E-state index contributed by atoms with van der Waals surface area (Å²) in [6, 6.07) is 20.7. The second-order valence-corrected chi connectivity index (χ2v) is 5.12. The van der Waals surface area contributed by atoms with E-state index in [0.29, 0.717) is 6.54 Å². The summed E-state index contributed by atoms with van der Waals surface area (Å²) >= 11 is 0. The molecule has 21 heavy (non-hydrogen) atoms. The van der Waals surface area contributed by atoms with Crippen molar-refractivity contribution in [2.75, 3.05) is 18.5 Å². The van der Waals surface area contributed by atoms with Crippen LogP contribution in [0.4, 0.5) is 5.69 Å². The highest BCUT2D eigenvalue weighted by atomic mass is 15.1. The lowest BCUT2D eigenvalue weighted by molar-refractivity contribution is 0.684. The normalized spacial score (nSPS) is 12.3. The molecule has 0 aliphatic rings. The van der Waals surface area contributed by atoms with Crippen LogP contribution in [-0.4, -0.2) is 18.6 Å². The molecule has 3 rings (SSSR count). The topological polar surface area (TPSA) is 42.1 Å². The number of anilines is 1. The third-order valence-electron chi connectivity index (χ3n) is 3.88. The molecular weight excluding hydrogens is 258 g/mol. The van der Waals surface area contributed by atoms with Crippen molar-refractivity contribution in [2.45, 2.75) is 6.04 Å². The molecule has 0 aliphatic carbocycles. The van der Waals surface area contributed by atoms with Crippen molar-refractivity contribution in [1.29, 1.82) is 0 Å². The van der Waals surface area contributed by atoms with Crippen molar-refractivity contribution in [3.8, 4) is 0 Å². The van der Waals surface area contributed by atoms with Crippen LogP contribution in [0.15, 0.2) is 66.9 Å². The second-order valence-electron chi connectivity index (χ2n) is 5.12. The highest BCUT2D eigenvalue weighted by molar-refractivity contribution is 5.82. The van der Waals surface area contributed by atoms with Crippen molar-refractivity contribution in [1.82, 2.24) is 4.98 Å². The van der Waals surface area contributed by atoms with E-state index in [0.717, 1.165) is 16.6 Å². The molecular formula is C18H19N3. The summed E-state index contributed by atoms with van der Waals surface area (Å²) < 4.78 is 0. The standard InChI is InChI=1S/C18H19N3/c1-21(15-9-3-2-4-10-15)17(13-19)16-11-5-7-14-8-6-12-20-18(14)16/h2-12,17H,13,19H2,1H3. The minimum absolute atomic E-state index is 0.103. The first-order chi connectivity index (χ1) is 10.3. The number of aromatic nitrogens is 1. The molecule has 0 spiro atoms. The Morgan fingerprint density at radius 3 is 2.52 bits per heavy atom. The summed E-state index contributed by atoms with van der Waals surface area (Å²) in [5.74, 6) is 0. The highest BCUT2D eigenvalue weighted by Gasteiger charge is 2.18. The van der Waals surface area contributed by atoms with Crippen LogP contribution in [0.2, 0.25) is 0 Å². The Bertz CT molecular complexity index is 719. The fourth-order valence-electron chi connectivity index (χ4n) is 2.73. The molecule has 0 aliphatic heterocycles. The lowest BCUT2D eigenvalue weighted by atomic mass is 10.0. The maximum absolute atomic E-state index is 6.06. The SMILES string of the molecule is CN(c1ccccc1)C(CN)c1cccc2cccnc12. The molecule has 106 valence electrons. The quantitative estimate of drug-likeness (QED) is 0.795. The van der Waals surface area contributed by atoms with E-state index in [9.17, 15) is 0 Å². The van der Waals surface area contributed by atoms with E-state index >= 15 is 0 Å². The number of para-hydroxylation sites is 2. The zero-order chi connectivity index (χ0) is 14.7. The van der Waals surface area contributed by atoms with Crippen molar-refractivity contribution >= 4 is 16.6 Å². The molecule has 1 atom stereocenters. The van der Waals surface area contributed by atoms with Crippen LogP contribution in [0, 0.1) is 0 Å². The van der Waals surface area contributed by atoms with Crippen molar-refractivity contribution < 1.29 is 0 Å². The van der Waals surface area contributed by atoms with Crippen LogP contribution in [0.25, 0.3) is 10.9 Å². The molecule has 1 aromatic heterocycles. The molecule has 2 aromatic carbocycles. The number of fused-ring (bicyclic) bond motifs is 1. The Balaban J connectivity index is 2.06. The largest absolute Gasteiger partial charge is 0.366 e. The first-order valence-corrected chi connectivity index (χ1v) is 7.13. The summed E-state index contributed by atoms with van der Waals surface area (Å²) in [5.41, 5.74) is 9.41. The lowest BCUT2D eigenvalue weighted by Gasteiger charge is -2.30. The number of nitrogens with zero attached hydrogens (tertiary/aromatic N) is 2. The van der Waals surface area contributed by atoms with E-state index in [4.69, 9.17) is 5.73 Å². The van der Waals surface area contributed by atoms with Gasteiger partial charge in [-0.1, -0.05) is 42.5 Å². The zero-order valence-corrected chi connectivity index (χ0v) is 12.1. The van der Waals surface area contributed by atoms with E-state index in [1.54, 1.807) is 0 Å². The highest BCUT2D eigenvalue weighted by Crippen LogP contribution is 2.28. The lowest BCUT2D eigenvalue weighted by Crippen LogP contribution is -2.30. The first kappa shape index (κ1) is 13.6. The van der Waals surface area contributed by atoms with Gasteiger partial charge in [0.05, 0.1) is 11.6 Å². The van der Waals surface area contributed by atoms with Gasteiger partial charge >= 0.3 is 0 Å². The fourth-order valence-corrected chi connectivity index (χ4v) is 2.73. The van der Waals surface area contributed by atoms with E-state index < -0.39 is 0 Å². The summed E-state index contributed by atoms with van der Waals surface area (Å²) in [5, 5.41) is 1.15. The summed E-state index contributed by atoms with van der Waals surface area (Å²) in [6.45, 7) is 0.543. The molecule has 1 unspecified atom stereocenters. The molecule has 0 bridgehead atoms. The number of nitrogens with two attached hydrogens (primary N) is 1. The smallest absolute Gasteiger partial charge is 0.0755 e. The fraction of sp³-hybridized carbons (Fsp3) is 0.167. The van der Waals surface area contributed by atoms with Gasteiger partial charge in [0.2, 0.25) is 0 Å². The average molecular weight is 277 g/mol. The van der Waals surface area contributed by atoms with Gasteiger partial charge in [-0.2, -0.15) is 0 Å². The van der Waals surface area contributed by atoms with Gasteiger partial charge in [0.25, 0.3) is 0 Å². The first-order valence-electron chi connectivity index (χ1n) is 7.13. The maximum atomic E-state index is 6.06. The minimum atomic E-state index is 0.103. The van der Waals surface area contributed by atoms with Gasteiger partial charge in [-0.3, -0.25) is 4.98 Å². The van der Waals surface area contributed by atoms with Crippen LogP contribution in [-0.2, 0) is 0 Å². The Morgan fingerprint density at radius 2 is 1.76 bits per heavy atom. The van der Waals surface area contributed by atoms with Crippen molar-refractivity contribution in [3.63, 3.8) is 0 Å². The monoisotopic (exact) mass is 277 g/mol. The average Bonchev–Trinajstić information content (AvgIpc) is 2.56. The van der Waals surface area contributed by atoms with Gasteiger partial charge in [0.1, 0.15) is 0 Å². The molecule has 0 amide bonds. The van der Waals surface area contributed by atoms with Crippen molar-refractivity contribution in [2.24, 2.45) is 5.73 Å². The molecule has 0 fully saturated rings. The van der Waals surface area contributed by atoms with Crippen LogP contribution >= 0.6 is 0 Å². The summed E-state index contributed by atoms with van der Waals surface area (Å²) in [7, 11) is 2.08. The number of hydrogen-bond donors (Lipinski definition) is 1. The van der Waals surface area contributed by atoms with Gasteiger partial charge in [0.15, 0.2) is 0 Å². The minimum Gasteiger partial charge on any atom is -0.366 e. The predicted molar refractivity (Wildman–Crippen MR) is 88.4 cm³/mol. The van der Waals surface area contributed by atoms with E-state index in [-0.39, 0.29) is 6.04 Å². The Labute approximate surface area is 125 Å². The third-order valence-corrected chi connectivity index (χ3v) is 3.88. The maximum Gasteiger partial charge on any atom is 0.0755 e. The summed E-state index contributed by atoms with van der Waals surface area (Å²) in [4.78, 5) is 6.76. The van der Waals surface area contributed by atoms with Crippen LogP contribution in [0.1, 0.15) is 11.6 Å². The molecule has 2 N–H and O–H groups in total. The third kappa shape index (κ3) is 2.60. The molecule has 1 heterocycles. The predicted octanol–water partition coefficient (Wildman–Crippen LogP) is 3.37. The Kier molecular flexibility index (Phi) is 3.84. The number of hydrogen-bond acceptors (Lipinski definition) is 3. The van der Waals surface area contributed by atoms with Gasteiger partial charge in [0, 0.05) is 36.4 Å². The zero-order valence-electron chi connectivity index (χ0n) is 12.1. The van der Waals surface area contributed by atoms with E-state index in [2.05, 4.69) is 53.3 Å². The van der Waals surface area contributed by atoms with Gasteiger partial charge in [-0.15, -0.1) is 0 Å². The molecule has 3 aromatic rings. The molecule has 0 saturated heterocycles. The molecule has 0 saturated carbocycles. The Morgan fingerprint density at radius 1 is 1.00 bits per heavy atom. The summed E-state index contributed by atoms with van der Waals surface area (Å²) in [6.07, 6.45) is 1.84. The number of rotatable bonds is 4. The second kappa shape index (κ2) is 5.94. The van der Waals surface area contributed by atoms with Crippen LogP contribution in [0.5, 0.6) is 0 Å². The number of benzene rings is 2. The van der Waals surface area contributed by atoms with E-state index in [1.165, 1.54) is 5.56 Å². The number of pyridine rings is 1. The van der Waals surface area contributed by atoms with Crippen LogP contribution < -0.4 is 10.6 Å². The Hall–Kier alpha value is -2.39. The molecule has 3 nitrogen and oxygen atoms in total. The van der Waals surface area contributed by atoms with Gasteiger partial charge in [-0.05, 0) is 18.2 Å². The van der Waals surface area contributed by atoms with Gasteiger partial charge < -0.3 is 10.6 Å². The van der Waals surface area contributed by atoms with Crippen LogP contribution in [0.3, 0.4) is 0 Å². The van der Waals surface area contributed by atoms with E-state index in [1.807, 2.05) is 30.5 Å². The van der Waals surface area contributed by atoms with Gasteiger partial charge in [-0.25, -0.2) is 0 Å². The molecule has 3 heteroatoms. The number of likely N-dealkylation sites (N-methyl/N-ethyl adjacent to an activating group) is 1. The van der Waals surface area contributed by atoms with Crippen molar-refractivity contribution in [3.05, 3.63) is 72.4 Å². The molecule has 0 radical (unpaired) electrons.